The van der Waals surface area contributed by atoms with Gasteiger partial charge < -0.3 is 9.84 Å². The number of esters is 1. The standard InChI is InChI=1S/C8H8.C7H12O3/c1-2-8-6-4-3-5-7-8;1-4-6(8)10-7(9)5(2)3/h2-7H,1H2;6,8H,2,4H2,1,3H3. The predicted octanol–water partition coefficient (Wildman–Crippen LogP) is 3.16. The van der Waals surface area contributed by atoms with Gasteiger partial charge >= 0.3 is 5.97 Å². The number of carbonyl (C=O) groups excluding carboxylic acids is 1. The summed E-state index contributed by atoms with van der Waals surface area (Å²) in [6.07, 6.45) is 1.24. The summed E-state index contributed by atoms with van der Waals surface area (Å²) in [7, 11) is 0. The lowest BCUT2D eigenvalue weighted by Gasteiger charge is -2.08. The van der Waals surface area contributed by atoms with Gasteiger partial charge in [0, 0.05) is 12.0 Å². The first-order valence-corrected chi connectivity index (χ1v) is 5.73. The lowest BCUT2D eigenvalue weighted by Crippen LogP contribution is -2.16. The number of aliphatic hydroxyl groups excluding tert-OH is 1. The van der Waals surface area contributed by atoms with E-state index in [-0.39, 0.29) is 0 Å². The van der Waals surface area contributed by atoms with Crippen LogP contribution < -0.4 is 0 Å². The van der Waals surface area contributed by atoms with Gasteiger partial charge in [0.1, 0.15) is 0 Å². The van der Waals surface area contributed by atoms with Crippen molar-refractivity contribution in [1.82, 2.24) is 0 Å². The molecule has 1 unspecified atom stereocenters. The number of aliphatic hydroxyl groups is 1. The molecule has 0 saturated heterocycles. The zero-order valence-electron chi connectivity index (χ0n) is 10.9. The summed E-state index contributed by atoms with van der Waals surface area (Å²) in [6.45, 7) is 10.2. The van der Waals surface area contributed by atoms with Gasteiger partial charge in [-0.2, -0.15) is 0 Å². The van der Waals surface area contributed by atoms with Crippen molar-refractivity contribution in [2.24, 2.45) is 0 Å². The third kappa shape index (κ3) is 7.41. The third-order valence-corrected chi connectivity index (χ3v) is 1.98. The van der Waals surface area contributed by atoms with E-state index in [0.29, 0.717) is 12.0 Å². The van der Waals surface area contributed by atoms with E-state index in [1.165, 1.54) is 12.5 Å². The second kappa shape index (κ2) is 9.19. The Hall–Kier alpha value is -1.87. The van der Waals surface area contributed by atoms with Gasteiger partial charge in [0.15, 0.2) is 0 Å². The Morgan fingerprint density at radius 1 is 1.44 bits per heavy atom. The zero-order valence-corrected chi connectivity index (χ0v) is 10.9. The summed E-state index contributed by atoms with van der Waals surface area (Å²) >= 11 is 0. The monoisotopic (exact) mass is 248 g/mol. The summed E-state index contributed by atoms with van der Waals surface area (Å²) in [5, 5.41) is 8.79. The normalized spacial score (nSPS) is 10.6. The molecule has 1 N–H and O–H groups in total. The first kappa shape index (κ1) is 16.1. The first-order valence-electron chi connectivity index (χ1n) is 5.73. The van der Waals surface area contributed by atoms with E-state index in [9.17, 15) is 4.79 Å². The molecule has 0 radical (unpaired) electrons. The van der Waals surface area contributed by atoms with Crippen molar-refractivity contribution in [2.45, 2.75) is 26.6 Å². The number of ether oxygens (including phenoxy) is 1. The van der Waals surface area contributed by atoms with E-state index in [2.05, 4.69) is 17.9 Å². The molecule has 1 rings (SSSR count). The van der Waals surface area contributed by atoms with Crippen molar-refractivity contribution in [2.75, 3.05) is 0 Å². The van der Waals surface area contributed by atoms with Gasteiger partial charge in [0.05, 0.1) is 0 Å². The minimum Gasteiger partial charge on any atom is -0.433 e. The van der Waals surface area contributed by atoms with Crippen LogP contribution in [0.15, 0.2) is 49.1 Å². The molecule has 0 bridgehead atoms. The minimum atomic E-state index is -0.996. The van der Waals surface area contributed by atoms with Gasteiger partial charge in [-0.3, -0.25) is 0 Å². The number of rotatable bonds is 4. The maximum Gasteiger partial charge on any atom is 0.335 e. The van der Waals surface area contributed by atoms with Gasteiger partial charge in [0.2, 0.25) is 6.29 Å². The summed E-state index contributed by atoms with van der Waals surface area (Å²) in [5.74, 6) is -0.547. The van der Waals surface area contributed by atoms with Crippen LogP contribution in [0.2, 0.25) is 0 Å². The Morgan fingerprint density at radius 2 is 2.00 bits per heavy atom. The average molecular weight is 248 g/mol. The smallest absolute Gasteiger partial charge is 0.335 e. The molecule has 0 aliphatic rings. The van der Waals surface area contributed by atoms with E-state index in [1.807, 2.05) is 36.4 Å². The second-order valence-corrected chi connectivity index (χ2v) is 3.66. The van der Waals surface area contributed by atoms with Gasteiger partial charge in [-0.05, 0) is 12.5 Å². The van der Waals surface area contributed by atoms with Gasteiger partial charge in [-0.1, -0.05) is 56.5 Å². The van der Waals surface area contributed by atoms with Crippen LogP contribution in [-0.2, 0) is 9.53 Å². The molecule has 18 heavy (non-hydrogen) atoms. The summed E-state index contributed by atoms with van der Waals surface area (Å²) in [5.41, 5.74) is 1.47. The summed E-state index contributed by atoms with van der Waals surface area (Å²) < 4.78 is 4.48. The Morgan fingerprint density at radius 3 is 2.33 bits per heavy atom. The maximum absolute atomic E-state index is 10.6. The third-order valence-electron chi connectivity index (χ3n) is 1.98. The van der Waals surface area contributed by atoms with Crippen molar-refractivity contribution in [3.05, 3.63) is 54.6 Å². The number of hydrogen-bond donors (Lipinski definition) is 1. The minimum absolute atomic E-state index is 0.299. The number of hydrogen-bond acceptors (Lipinski definition) is 3. The molecular formula is C15H20O3. The molecular weight excluding hydrogens is 228 g/mol. The maximum atomic E-state index is 10.6. The summed E-state index contributed by atoms with van der Waals surface area (Å²) in [6, 6.07) is 10.0. The zero-order chi connectivity index (χ0) is 14.0. The van der Waals surface area contributed by atoms with Gasteiger partial charge in [-0.15, -0.1) is 0 Å². The van der Waals surface area contributed by atoms with E-state index < -0.39 is 12.3 Å². The van der Waals surface area contributed by atoms with Crippen LogP contribution in [-0.4, -0.2) is 17.4 Å². The highest BCUT2D eigenvalue weighted by atomic mass is 16.6. The van der Waals surface area contributed by atoms with E-state index in [4.69, 9.17) is 5.11 Å². The van der Waals surface area contributed by atoms with Crippen LogP contribution in [0.5, 0.6) is 0 Å². The Balaban J connectivity index is 0.000000327. The van der Waals surface area contributed by atoms with Crippen molar-refractivity contribution in [3.63, 3.8) is 0 Å². The van der Waals surface area contributed by atoms with E-state index >= 15 is 0 Å². The van der Waals surface area contributed by atoms with Crippen molar-refractivity contribution in [1.29, 1.82) is 0 Å². The van der Waals surface area contributed by atoms with Crippen LogP contribution >= 0.6 is 0 Å². The van der Waals surface area contributed by atoms with Crippen LogP contribution in [0.25, 0.3) is 6.08 Å². The van der Waals surface area contributed by atoms with Crippen molar-refractivity contribution in [3.8, 4) is 0 Å². The highest BCUT2D eigenvalue weighted by Crippen LogP contribution is 1.98. The Labute approximate surface area is 108 Å². The molecule has 98 valence electrons. The van der Waals surface area contributed by atoms with Crippen molar-refractivity contribution >= 4 is 12.0 Å². The molecule has 0 aliphatic heterocycles. The Bertz CT molecular complexity index is 382. The molecule has 1 aromatic rings. The molecule has 0 saturated carbocycles. The molecule has 0 amide bonds. The van der Waals surface area contributed by atoms with Gasteiger partial charge in [0.25, 0.3) is 0 Å². The molecule has 0 aliphatic carbocycles. The molecule has 3 heteroatoms. The fraction of sp³-hybridized carbons (Fsp3) is 0.267. The quantitative estimate of drug-likeness (QED) is 0.506. The molecule has 0 heterocycles. The highest BCUT2D eigenvalue weighted by Gasteiger charge is 2.08. The highest BCUT2D eigenvalue weighted by molar-refractivity contribution is 5.86. The Kier molecular flexibility index (Phi) is 8.24. The van der Waals surface area contributed by atoms with Crippen LogP contribution in [0.4, 0.5) is 0 Å². The topological polar surface area (TPSA) is 46.5 Å². The molecule has 0 spiro atoms. The number of benzene rings is 1. The van der Waals surface area contributed by atoms with E-state index in [1.54, 1.807) is 6.92 Å². The van der Waals surface area contributed by atoms with Crippen LogP contribution in [0, 0.1) is 0 Å². The fourth-order valence-corrected chi connectivity index (χ4v) is 0.897. The second-order valence-electron chi connectivity index (χ2n) is 3.66. The molecule has 3 nitrogen and oxygen atoms in total. The van der Waals surface area contributed by atoms with Gasteiger partial charge in [-0.25, -0.2) is 4.79 Å². The molecule has 0 fully saturated rings. The SMILES string of the molecule is C=C(C)C(=O)OC(O)CC.C=Cc1ccccc1. The molecule has 1 aromatic carbocycles. The predicted molar refractivity (Wildman–Crippen MR) is 73.7 cm³/mol. The van der Waals surface area contributed by atoms with Crippen molar-refractivity contribution < 1.29 is 14.6 Å². The van der Waals surface area contributed by atoms with E-state index in [0.717, 1.165) is 0 Å². The van der Waals surface area contributed by atoms with Crippen LogP contribution in [0.3, 0.4) is 0 Å². The lowest BCUT2D eigenvalue weighted by molar-refractivity contribution is -0.162. The van der Waals surface area contributed by atoms with Crippen LogP contribution in [0.1, 0.15) is 25.8 Å². The molecule has 0 aromatic heterocycles. The molecule has 1 atom stereocenters. The summed E-state index contributed by atoms with van der Waals surface area (Å²) in [4.78, 5) is 10.6. The first-order chi connectivity index (χ1) is 8.51. The average Bonchev–Trinajstić information content (AvgIpc) is 2.40. The lowest BCUT2D eigenvalue weighted by atomic mass is 10.2. The fourth-order valence-electron chi connectivity index (χ4n) is 0.897. The largest absolute Gasteiger partial charge is 0.433 e. The number of carbonyl (C=O) groups is 1.